The molecule has 0 amide bonds. The van der Waals surface area contributed by atoms with Crippen LogP contribution in [0.3, 0.4) is 0 Å². The second-order valence-corrected chi connectivity index (χ2v) is 6.42. The van der Waals surface area contributed by atoms with Gasteiger partial charge in [0.2, 0.25) is 11.9 Å². The number of H-pyrrole nitrogens is 1. The van der Waals surface area contributed by atoms with Gasteiger partial charge in [0.1, 0.15) is 18.0 Å². The molecule has 0 aromatic carbocycles. The fraction of sp³-hybridized carbons (Fsp3) is 0.667. The predicted molar refractivity (Wildman–Crippen MR) is 88.6 cm³/mol. The van der Waals surface area contributed by atoms with Crippen LogP contribution in [0.15, 0.2) is 6.33 Å². The molecule has 8 nitrogen and oxygen atoms in total. The lowest BCUT2D eigenvalue weighted by Crippen LogP contribution is -2.36. The number of aromatic nitrogens is 6. The lowest BCUT2D eigenvalue weighted by Gasteiger charge is -2.34. The first-order valence-corrected chi connectivity index (χ1v) is 8.11. The maximum Gasteiger partial charge on any atom is 0.231 e. The van der Waals surface area contributed by atoms with Crippen LogP contribution < -0.4 is 9.80 Å². The molecule has 1 aliphatic heterocycles. The van der Waals surface area contributed by atoms with E-state index in [0.717, 1.165) is 37.0 Å². The Kier molecular flexibility index (Phi) is 4.40. The van der Waals surface area contributed by atoms with E-state index in [2.05, 4.69) is 43.9 Å². The third kappa shape index (κ3) is 3.25. The van der Waals surface area contributed by atoms with Crippen molar-refractivity contribution in [2.45, 2.75) is 45.1 Å². The standard InChI is InChI=1S/C15H24N8/c1-10(2)12-18-14(22(3)4)20-15(19-12)23-8-6-5-7-11(23)13-16-9-17-21-13/h9-11H,5-8H2,1-4H3,(H,16,17,21). The van der Waals surface area contributed by atoms with Crippen LogP contribution in [-0.2, 0) is 0 Å². The number of hydrogen-bond donors (Lipinski definition) is 1. The van der Waals surface area contributed by atoms with Crippen LogP contribution in [0.4, 0.5) is 11.9 Å². The van der Waals surface area contributed by atoms with E-state index in [4.69, 9.17) is 4.98 Å². The second-order valence-electron chi connectivity index (χ2n) is 6.42. The molecule has 2 aromatic rings. The molecule has 0 saturated carbocycles. The molecule has 1 saturated heterocycles. The average molecular weight is 316 g/mol. The second kappa shape index (κ2) is 6.47. The fourth-order valence-corrected chi connectivity index (χ4v) is 2.79. The van der Waals surface area contributed by atoms with Gasteiger partial charge in [-0.15, -0.1) is 0 Å². The van der Waals surface area contributed by atoms with Crippen LogP contribution in [0.5, 0.6) is 0 Å². The topological polar surface area (TPSA) is 86.7 Å². The summed E-state index contributed by atoms with van der Waals surface area (Å²) in [4.78, 5) is 22.4. The number of piperidine rings is 1. The molecule has 0 spiro atoms. The van der Waals surface area contributed by atoms with Crippen molar-refractivity contribution in [3.8, 4) is 0 Å². The highest BCUT2D eigenvalue weighted by Crippen LogP contribution is 2.32. The van der Waals surface area contributed by atoms with Crippen LogP contribution in [0.2, 0.25) is 0 Å². The van der Waals surface area contributed by atoms with Gasteiger partial charge in [0.15, 0.2) is 0 Å². The lowest BCUT2D eigenvalue weighted by molar-refractivity contribution is 0.448. The zero-order valence-electron chi connectivity index (χ0n) is 14.2. The Morgan fingerprint density at radius 3 is 2.70 bits per heavy atom. The van der Waals surface area contributed by atoms with Gasteiger partial charge in [0, 0.05) is 26.6 Å². The van der Waals surface area contributed by atoms with E-state index in [1.807, 2.05) is 19.0 Å². The van der Waals surface area contributed by atoms with E-state index in [0.29, 0.717) is 5.95 Å². The largest absolute Gasteiger partial charge is 0.347 e. The minimum absolute atomic E-state index is 0.142. The quantitative estimate of drug-likeness (QED) is 0.922. The third-order valence-electron chi connectivity index (χ3n) is 4.05. The van der Waals surface area contributed by atoms with E-state index in [-0.39, 0.29) is 12.0 Å². The van der Waals surface area contributed by atoms with Gasteiger partial charge < -0.3 is 9.80 Å². The molecule has 1 N–H and O–H groups in total. The number of anilines is 2. The van der Waals surface area contributed by atoms with E-state index in [1.165, 1.54) is 6.42 Å². The normalized spacial score (nSPS) is 18.5. The number of hydrogen-bond acceptors (Lipinski definition) is 7. The summed E-state index contributed by atoms with van der Waals surface area (Å²) in [5.41, 5.74) is 0. The van der Waals surface area contributed by atoms with Gasteiger partial charge in [0.05, 0.1) is 6.04 Å². The first kappa shape index (κ1) is 15.6. The highest BCUT2D eigenvalue weighted by Gasteiger charge is 2.29. The first-order chi connectivity index (χ1) is 11.1. The molecule has 1 aliphatic rings. The summed E-state index contributed by atoms with van der Waals surface area (Å²) in [6, 6.07) is 0.142. The van der Waals surface area contributed by atoms with Crippen LogP contribution in [0.1, 0.15) is 56.7 Å². The lowest BCUT2D eigenvalue weighted by atomic mass is 10.0. The Morgan fingerprint density at radius 2 is 2.04 bits per heavy atom. The van der Waals surface area contributed by atoms with Gasteiger partial charge in [-0.2, -0.15) is 20.1 Å². The van der Waals surface area contributed by atoms with Crippen molar-refractivity contribution in [2.24, 2.45) is 0 Å². The van der Waals surface area contributed by atoms with E-state index in [9.17, 15) is 0 Å². The van der Waals surface area contributed by atoms with Crippen LogP contribution in [0, 0.1) is 0 Å². The monoisotopic (exact) mass is 316 g/mol. The van der Waals surface area contributed by atoms with Gasteiger partial charge in [-0.25, -0.2) is 4.98 Å². The van der Waals surface area contributed by atoms with Crippen molar-refractivity contribution in [3.05, 3.63) is 18.0 Å². The summed E-state index contributed by atoms with van der Waals surface area (Å²) >= 11 is 0. The smallest absolute Gasteiger partial charge is 0.231 e. The molecule has 0 bridgehead atoms. The first-order valence-electron chi connectivity index (χ1n) is 8.11. The van der Waals surface area contributed by atoms with Crippen molar-refractivity contribution in [1.29, 1.82) is 0 Å². The molecule has 0 radical (unpaired) electrons. The van der Waals surface area contributed by atoms with Crippen LogP contribution >= 0.6 is 0 Å². The maximum atomic E-state index is 4.71. The molecule has 23 heavy (non-hydrogen) atoms. The molecule has 2 aromatic heterocycles. The van der Waals surface area contributed by atoms with Crippen molar-refractivity contribution in [1.82, 2.24) is 30.1 Å². The van der Waals surface area contributed by atoms with Crippen molar-refractivity contribution >= 4 is 11.9 Å². The predicted octanol–water partition coefficient (Wildman–Crippen LogP) is 1.91. The van der Waals surface area contributed by atoms with Crippen LogP contribution in [-0.4, -0.2) is 50.8 Å². The van der Waals surface area contributed by atoms with Gasteiger partial charge in [-0.3, -0.25) is 5.10 Å². The Bertz CT molecular complexity index is 611. The molecule has 0 aliphatic carbocycles. The number of aromatic amines is 1. The molecule has 1 unspecified atom stereocenters. The van der Waals surface area contributed by atoms with Crippen molar-refractivity contribution in [2.75, 3.05) is 30.4 Å². The molecule has 124 valence electrons. The summed E-state index contributed by atoms with van der Waals surface area (Å²) in [5, 5.41) is 6.99. The molecule has 1 fully saturated rings. The van der Waals surface area contributed by atoms with Crippen molar-refractivity contribution < 1.29 is 0 Å². The Labute approximate surface area is 136 Å². The van der Waals surface area contributed by atoms with Gasteiger partial charge in [-0.1, -0.05) is 13.8 Å². The van der Waals surface area contributed by atoms with Crippen LogP contribution in [0.25, 0.3) is 0 Å². The van der Waals surface area contributed by atoms with E-state index in [1.54, 1.807) is 6.33 Å². The molecule has 3 heterocycles. The molecule has 1 atom stereocenters. The van der Waals surface area contributed by atoms with E-state index >= 15 is 0 Å². The minimum Gasteiger partial charge on any atom is -0.347 e. The highest BCUT2D eigenvalue weighted by molar-refractivity contribution is 5.40. The minimum atomic E-state index is 0.142. The molecular weight excluding hydrogens is 292 g/mol. The summed E-state index contributed by atoms with van der Waals surface area (Å²) in [6.45, 7) is 5.12. The maximum absolute atomic E-state index is 4.71. The summed E-state index contributed by atoms with van der Waals surface area (Å²) in [7, 11) is 3.90. The van der Waals surface area contributed by atoms with Crippen molar-refractivity contribution in [3.63, 3.8) is 0 Å². The average Bonchev–Trinajstić information content (AvgIpc) is 3.08. The number of rotatable bonds is 4. The Balaban J connectivity index is 2.00. The van der Waals surface area contributed by atoms with E-state index < -0.39 is 0 Å². The zero-order valence-corrected chi connectivity index (χ0v) is 14.2. The number of nitrogens with zero attached hydrogens (tertiary/aromatic N) is 7. The fourth-order valence-electron chi connectivity index (χ4n) is 2.79. The molecule has 8 heteroatoms. The summed E-state index contributed by atoms with van der Waals surface area (Å²) in [5.74, 6) is 3.38. The third-order valence-corrected chi connectivity index (χ3v) is 4.05. The zero-order chi connectivity index (χ0) is 16.4. The molecular formula is C15H24N8. The summed E-state index contributed by atoms with van der Waals surface area (Å²) < 4.78 is 0. The molecule has 3 rings (SSSR count). The number of nitrogens with one attached hydrogen (secondary N) is 1. The van der Waals surface area contributed by atoms with Gasteiger partial charge >= 0.3 is 0 Å². The Hall–Kier alpha value is -2.25. The Morgan fingerprint density at radius 1 is 1.22 bits per heavy atom. The SMILES string of the molecule is CC(C)c1nc(N(C)C)nc(N2CCCCC2c2ncn[nH]2)n1. The van der Waals surface area contributed by atoms with Gasteiger partial charge in [0.25, 0.3) is 0 Å². The summed E-state index contributed by atoms with van der Waals surface area (Å²) in [6.07, 6.45) is 4.88. The highest BCUT2D eigenvalue weighted by atomic mass is 15.4. The van der Waals surface area contributed by atoms with Gasteiger partial charge in [-0.05, 0) is 19.3 Å².